The molecular formula is C58H109NO5. The van der Waals surface area contributed by atoms with Gasteiger partial charge in [0, 0.05) is 6.42 Å². The molecule has 0 aliphatic rings. The van der Waals surface area contributed by atoms with Crippen LogP contribution in [0, 0.1) is 0 Å². The summed E-state index contributed by atoms with van der Waals surface area (Å²) in [6.45, 7) is 6.49. The molecule has 0 bridgehead atoms. The molecule has 64 heavy (non-hydrogen) atoms. The van der Waals surface area contributed by atoms with Gasteiger partial charge in [-0.25, -0.2) is 0 Å². The lowest BCUT2D eigenvalue weighted by molar-refractivity contribution is -0.151. The summed E-state index contributed by atoms with van der Waals surface area (Å²) in [6, 6.07) is -0.716. The van der Waals surface area contributed by atoms with Crippen molar-refractivity contribution in [1.82, 2.24) is 5.32 Å². The van der Waals surface area contributed by atoms with Crippen molar-refractivity contribution in [3.05, 3.63) is 36.5 Å². The third-order valence-corrected chi connectivity index (χ3v) is 13.0. The highest BCUT2D eigenvalue weighted by Gasteiger charge is 2.24. The Bertz CT molecular complexity index is 1060. The Morgan fingerprint density at radius 3 is 1.23 bits per heavy atom. The third kappa shape index (κ3) is 46.6. The second kappa shape index (κ2) is 52.1. The molecule has 0 saturated carbocycles. The first-order valence-corrected chi connectivity index (χ1v) is 28.2. The van der Waals surface area contributed by atoms with E-state index in [0.717, 1.165) is 64.2 Å². The first kappa shape index (κ1) is 62.1. The molecule has 0 spiro atoms. The molecule has 0 radical (unpaired) electrons. The maximum absolute atomic E-state index is 13.2. The number of esters is 1. The highest BCUT2D eigenvalue weighted by molar-refractivity contribution is 5.77. The van der Waals surface area contributed by atoms with Crippen LogP contribution in [0.1, 0.15) is 297 Å². The van der Waals surface area contributed by atoms with Crippen molar-refractivity contribution >= 4 is 11.9 Å². The maximum atomic E-state index is 13.2. The van der Waals surface area contributed by atoms with Crippen LogP contribution < -0.4 is 5.32 Å². The number of carbonyl (C=O) groups excluding carboxylic acids is 2. The summed E-state index contributed by atoms with van der Waals surface area (Å²) >= 11 is 0. The van der Waals surface area contributed by atoms with Crippen LogP contribution in [-0.2, 0) is 14.3 Å². The highest BCUT2D eigenvalue weighted by Crippen LogP contribution is 2.18. The van der Waals surface area contributed by atoms with Crippen molar-refractivity contribution in [2.24, 2.45) is 0 Å². The van der Waals surface area contributed by atoms with Gasteiger partial charge in [-0.3, -0.25) is 9.59 Å². The number of hydrogen-bond acceptors (Lipinski definition) is 5. The summed E-state index contributed by atoms with van der Waals surface area (Å²) in [5.41, 5.74) is 0. The number of allylic oxidation sites excluding steroid dienone is 6. The SMILES string of the molecule is CCCCCCCCC/C=C/C=C/CCCC(CC(=O)NC(CO)C(O)CCCCCCCCCCCCCCCCC)OC(=O)CCCCCCC/C=C/CCCCCCCCC. The van der Waals surface area contributed by atoms with Gasteiger partial charge in [0.25, 0.3) is 0 Å². The average molecular weight is 901 g/mol. The van der Waals surface area contributed by atoms with Crippen LogP contribution in [-0.4, -0.2) is 46.9 Å². The summed E-state index contributed by atoms with van der Waals surface area (Å²) in [4.78, 5) is 26.2. The minimum absolute atomic E-state index is 0.0441. The molecule has 3 atom stereocenters. The molecule has 0 saturated heterocycles. The van der Waals surface area contributed by atoms with Crippen molar-refractivity contribution in [2.75, 3.05) is 6.61 Å². The van der Waals surface area contributed by atoms with E-state index >= 15 is 0 Å². The highest BCUT2D eigenvalue weighted by atomic mass is 16.5. The van der Waals surface area contributed by atoms with Crippen LogP contribution in [0.25, 0.3) is 0 Å². The summed E-state index contributed by atoms with van der Waals surface area (Å²) in [7, 11) is 0. The lowest BCUT2D eigenvalue weighted by Gasteiger charge is -2.24. The van der Waals surface area contributed by atoms with Crippen LogP contribution in [0.4, 0.5) is 0 Å². The quantitative estimate of drug-likeness (QED) is 0.0245. The number of nitrogens with one attached hydrogen (secondary N) is 1. The number of aliphatic hydroxyl groups excluding tert-OH is 2. The molecule has 0 aromatic carbocycles. The molecule has 0 rings (SSSR count). The number of rotatable bonds is 51. The van der Waals surface area contributed by atoms with E-state index in [-0.39, 0.29) is 24.9 Å². The van der Waals surface area contributed by atoms with E-state index in [1.54, 1.807) is 0 Å². The first-order valence-electron chi connectivity index (χ1n) is 28.2. The monoisotopic (exact) mass is 900 g/mol. The van der Waals surface area contributed by atoms with Crippen molar-refractivity contribution in [3.8, 4) is 0 Å². The zero-order valence-electron chi connectivity index (χ0n) is 42.9. The summed E-state index contributed by atoms with van der Waals surface area (Å²) in [5.74, 6) is -0.519. The van der Waals surface area contributed by atoms with E-state index in [1.165, 1.54) is 186 Å². The van der Waals surface area contributed by atoms with E-state index in [2.05, 4.69) is 62.5 Å². The Kier molecular flexibility index (Phi) is 50.5. The Morgan fingerprint density at radius 2 is 0.812 bits per heavy atom. The van der Waals surface area contributed by atoms with Crippen molar-refractivity contribution < 1.29 is 24.5 Å². The zero-order chi connectivity index (χ0) is 46.7. The molecule has 6 nitrogen and oxygen atoms in total. The van der Waals surface area contributed by atoms with Crippen LogP contribution in [0.2, 0.25) is 0 Å². The van der Waals surface area contributed by atoms with E-state index in [9.17, 15) is 19.8 Å². The Hall–Kier alpha value is -1.92. The van der Waals surface area contributed by atoms with Gasteiger partial charge in [0.15, 0.2) is 0 Å². The molecule has 1 amide bonds. The molecule has 0 aliphatic carbocycles. The molecular weight excluding hydrogens is 791 g/mol. The van der Waals surface area contributed by atoms with Crippen LogP contribution in [0.15, 0.2) is 36.5 Å². The fraction of sp³-hybridized carbons (Fsp3) is 0.862. The van der Waals surface area contributed by atoms with Gasteiger partial charge < -0.3 is 20.3 Å². The van der Waals surface area contributed by atoms with Crippen LogP contribution in [0.3, 0.4) is 0 Å². The molecule has 376 valence electrons. The predicted molar refractivity (Wildman–Crippen MR) is 278 cm³/mol. The number of hydrogen-bond donors (Lipinski definition) is 3. The van der Waals surface area contributed by atoms with E-state index in [1.807, 2.05) is 0 Å². The van der Waals surface area contributed by atoms with E-state index < -0.39 is 18.2 Å². The fourth-order valence-corrected chi connectivity index (χ4v) is 8.66. The fourth-order valence-electron chi connectivity index (χ4n) is 8.66. The molecule has 3 unspecified atom stereocenters. The van der Waals surface area contributed by atoms with Crippen LogP contribution in [0.5, 0.6) is 0 Å². The average Bonchev–Trinajstić information content (AvgIpc) is 3.29. The predicted octanol–water partition coefficient (Wildman–Crippen LogP) is 17.2. The summed E-state index contributed by atoms with van der Waals surface area (Å²) < 4.78 is 5.92. The minimum atomic E-state index is -0.799. The molecule has 0 aromatic rings. The van der Waals surface area contributed by atoms with E-state index in [0.29, 0.717) is 19.3 Å². The van der Waals surface area contributed by atoms with Gasteiger partial charge in [-0.15, -0.1) is 0 Å². The van der Waals surface area contributed by atoms with Gasteiger partial charge in [0.2, 0.25) is 5.91 Å². The first-order chi connectivity index (χ1) is 31.5. The molecule has 0 aliphatic heterocycles. The maximum Gasteiger partial charge on any atom is 0.306 e. The van der Waals surface area contributed by atoms with Crippen LogP contribution >= 0.6 is 0 Å². The lowest BCUT2D eigenvalue weighted by atomic mass is 10.0. The minimum Gasteiger partial charge on any atom is -0.462 e. The molecule has 0 heterocycles. The Balaban J connectivity index is 4.59. The molecule has 6 heteroatoms. The number of carbonyl (C=O) groups is 2. The zero-order valence-corrected chi connectivity index (χ0v) is 42.9. The van der Waals surface area contributed by atoms with Gasteiger partial charge in [-0.05, 0) is 70.6 Å². The third-order valence-electron chi connectivity index (χ3n) is 13.0. The number of aliphatic hydroxyl groups is 2. The number of ether oxygens (including phenoxy) is 1. The van der Waals surface area contributed by atoms with Gasteiger partial charge in [-0.1, -0.05) is 250 Å². The largest absolute Gasteiger partial charge is 0.462 e. The number of amides is 1. The molecule has 3 N–H and O–H groups in total. The Labute approximate surface area is 398 Å². The van der Waals surface area contributed by atoms with Crippen molar-refractivity contribution in [2.45, 2.75) is 315 Å². The van der Waals surface area contributed by atoms with Gasteiger partial charge in [-0.2, -0.15) is 0 Å². The smallest absolute Gasteiger partial charge is 0.306 e. The van der Waals surface area contributed by atoms with Crippen molar-refractivity contribution in [3.63, 3.8) is 0 Å². The van der Waals surface area contributed by atoms with E-state index in [4.69, 9.17) is 4.74 Å². The number of unbranched alkanes of at least 4 members (excludes halogenated alkanes) is 34. The topological polar surface area (TPSA) is 95.9 Å². The normalized spacial score (nSPS) is 13.4. The molecule has 0 aromatic heterocycles. The lowest BCUT2D eigenvalue weighted by Crippen LogP contribution is -2.46. The Morgan fingerprint density at radius 1 is 0.453 bits per heavy atom. The van der Waals surface area contributed by atoms with Gasteiger partial charge >= 0.3 is 5.97 Å². The molecule has 0 fully saturated rings. The van der Waals surface area contributed by atoms with Gasteiger partial charge in [0.05, 0.1) is 25.2 Å². The summed E-state index contributed by atoms with van der Waals surface area (Å²) in [6.07, 6.45) is 62.1. The second-order valence-electron chi connectivity index (χ2n) is 19.4. The standard InChI is InChI=1S/C58H109NO5/c1-4-7-10-13-16-19-22-25-28-30-33-36-39-42-45-48-51-58(63)64-54(49-46-43-40-37-34-31-27-24-21-18-15-12-9-6-3)52-57(62)59-55(53-60)56(61)50-47-44-41-38-35-32-29-26-23-20-17-14-11-8-5-2/h28,30-31,34,37,40,54-56,60-61H,4-27,29,32-33,35-36,38-39,41-53H2,1-3H3,(H,59,62)/b30-28+,34-31+,40-37+. The summed E-state index contributed by atoms with van der Waals surface area (Å²) in [5, 5.41) is 23.8. The van der Waals surface area contributed by atoms with Crippen molar-refractivity contribution in [1.29, 1.82) is 0 Å². The second-order valence-corrected chi connectivity index (χ2v) is 19.4. The van der Waals surface area contributed by atoms with Gasteiger partial charge in [0.1, 0.15) is 6.10 Å².